The van der Waals surface area contributed by atoms with E-state index in [1.807, 2.05) is 19.2 Å². The van der Waals surface area contributed by atoms with Crippen LogP contribution in [0.15, 0.2) is 51.4 Å². The lowest BCUT2D eigenvalue weighted by Gasteiger charge is -2.18. The Hall–Kier alpha value is -0.710. The summed E-state index contributed by atoms with van der Waals surface area (Å²) in [4.78, 5) is 0. The Morgan fingerprint density at radius 1 is 1.16 bits per heavy atom. The summed E-state index contributed by atoms with van der Waals surface area (Å²) in [7, 11) is 1.89. The zero-order valence-electron chi connectivity index (χ0n) is 10.5. The molecule has 0 aliphatic carbocycles. The van der Waals surface area contributed by atoms with Gasteiger partial charge in [0.25, 0.3) is 0 Å². The molecule has 100 valence electrons. The van der Waals surface area contributed by atoms with Gasteiger partial charge in [-0.05, 0) is 54.9 Å². The molecule has 2 rings (SSSR count). The number of likely N-dealkylation sites (N-methyl/N-ethyl adjacent to an activating group) is 1. The Morgan fingerprint density at radius 3 is 2.63 bits per heavy atom. The van der Waals surface area contributed by atoms with Crippen LogP contribution in [0.25, 0.3) is 0 Å². The van der Waals surface area contributed by atoms with Gasteiger partial charge in [0.15, 0.2) is 0 Å². The number of halogens is 3. The smallest absolute Gasteiger partial charge is 0.123 e. The molecule has 1 nitrogen and oxygen atoms in total. The monoisotopic (exact) mass is 385 g/mol. The minimum Gasteiger partial charge on any atom is -0.313 e. The summed E-state index contributed by atoms with van der Waals surface area (Å²) in [6.07, 6.45) is 0.804. The van der Waals surface area contributed by atoms with E-state index in [0.717, 1.165) is 20.9 Å². The molecule has 19 heavy (non-hydrogen) atoms. The van der Waals surface area contributed by atoms with E-state index in [2.05, 4.69) is 49.3 Å². The normalized spacial score (nSPS) is 12.4. The fourth-order valence-corrected chi connectivity index (χ4v) is 3.02. The first-order valence-electron chi connectivity index (χ1n) is 5.97. The quantitative estimate of drug-likeness (QED) is 0.791. The highest BCUT2D eigenvalue weighted by Crippen LogP contribution is 2.27. The van der Waals surface area contributed by atoms with Gasteiger partial charge in [-0.1, -0.05) is 44.0 Å². The second-order valence-electron chi connectivity index (χ2n) is 4.34. The molecule has 1 N–H and O–H groups in total. The predicted octanol–water partition coefficient (Wildman–Crippen LogP) is 4.85. The molecular weight excluding hydrogens is 373 g/mol. The Bertz CT molecular complexity index is 572. The average Bonchev–Trinajstić information content (AvgIpc) is 2.39. The number of hydrogen-bond acceptors (Lipinski definition) is 1. The predicted molar refractivity (Wildman–Crippen MR) is 83.7 cm³/mol. The molecule has 0 aromatic heterocycles. The topological polar surface area (TPSA) is 12.0 Å². The van der Waals surface area contributed by atoms with E-state index >= 15 is 0 Å². The fraction of sp³-hybridized carbons (Fsp3) is 0.200. The molecule has 2 aromatic carbocycles. The highest BCUT2D eigenvalue weighted by atomic mass is 79.9. The van der Waals surface area contributed by atoms with Gasteiger partial charge in [-0.15, -0.1) is 0 Å². The highest BCUT2D eigenvalue weighted by Gasteiger charge is 2.14. The van der Waals surface area contributed by atoms with Crippen molar-refractivity contribution in [2.24, 2.45) is 0 Å². The molecule has 1 atom stereocenters. The second-order valence-corrected chi connectivity index (χ2v) is 6.11. The maximum atomic E-state index is 13.4. The lowest BCUT2D eigenvalue weighted by Crippen LogP contribution is -2.19. The Morgan fingerprint density at radius 2 is 1.95 bits per heavy atom. The maximum absolute atomic E-state index is 13.4. The Kier molecular flexibility index (Phi) is 5.13. The molecular formula is C15H14Br2FN. The molecule has 4 heteroatoms. The van der Waals surface area contributed by atoms with Crippen molar-refractivity contribution in [2.75, 3.05) is 7.05 Å². The van der Waals surface area contributed by atoms with Crippen LogP contribution >= 0.6 is 31.9 Å². The number of hydrogen-bond donors (Lipinski definition) is 1. The van der Waals surface area contributed by atoms with Gasteiger partial charge >= 0.3 is 0 Å². The summed E-state index contributed by atoms with van der Waals surface area (Å²) in [5, 5.41) is 3.24. The van der Waals surface area contributed by atoms with Crippen LogP contribution in [-0.4, -0.2) is 7.05 Å². The van der Waals surface area contributed by atoms with Gasteiger partial charge in [0.2, 0.25) is 0 Å². The first kappa shape index (κ1) is 14.7. The summed E-state index contributed by atoms with van der Waals surface area (Å²) in [6, 6.07) is 13.0. The van der Waals surface area contributed by atoms with Crippen LogP contribution in [0.3, 0.4) is 0 Å². The van der Waals surface area contributed by atoms with Gasteiger partial charge in [-0.25, -0.2) is 4.39 Å². The zero-order valence-corrected chi connectivity index (χ0v) is 13.6. The molecule has 0 bridgehead atoms. The Balaban J connectivity index is 2.27. The van der Waals surface area contributed by atoms with Crippen molar-refractivity contribution >= 4 is 31.9 Å². The molecule has 0 aliphatic rings. The maximum Gasteiger partial charge on any atom is 0.123 e. The molecule has 2 aromatic rings. The molecule has 0 amide bonds. The average molecular weight is 387 g/mol. The van der Waals surface area contributed by atoms with E-state index in [4.69, 9.17) is 0 Å². The molecule has 0 heterocycles. The lowest BCUT2D eigenvalue weighted by atomic mass is 9.99. The molecule has 0 fully saturated rings. The number of benzene rings is 2. The van der Waals surface area contributed by atoms with Gasteiger partial charge < -0.3 is 5.32 Å². The Labute approximate surface area is 129 Å². The first-order valence-corrected chi connectivity index (χ1v) is 7.55. The summed E-state index contributed by atoms with van der Waals surface area (Å²) >= 11 is 6.95. The van der Waals surface area contributed by atoms with Crippen molar-refractivity contribution in [3.63, 3.8) is 0 Å². The van der Waals surface area contributed by atoms with Gasteiger partial charge in [-0.2, -0.15) is 0 Å². The van der Waals surface area contributed by atoms with Crippen molar-refractivity contribution < 1.29 is 4.39 Å². The number of rotatable bonds is 4. The van der Waals surface area contributed by atoms with Crippen LogP contribution in [0.5, 0.6) is 0 Å². The van der Waals surface area contributed by atoms with Gasteiger partial charge in [-0.3, -0.25) is 0 Å². The standard InChI is InChI=1S/C15H14Br2FN/c1-19-15(8-10-3-2-4-11(16)7-10)13-9-12(18)5-6-14(13)17/h2-7,9,15,19H,8H2,1H3. The van der Waals surface area contributed by atoms with E-state index in [1.54, 1.807) is 12.1 Å². The van der Waals surface area contributed by atoms with Crippen LogP contribution in [0.2, 0.25) is 0 Å². The molecule has 0 spiro atoms. The van der Waals surface area contributed by atoms with Crippen molar-refractivity contribution in [3.8, 4) is 0 Å². The van der Waals surface area contributed by atoms with E-state index in [0.29, 0.717) is 0 Å². The summed E-state index contributed by atoms with van der Waals surface area (Å²) in [5.74, 6) is -0.215. The minimum atomic E-state index is -0.215. The largest absolute Gasteiger partial charge is 0.313 e. The first-order chi connectivity index (χ1) is 9.10. The third-order valence-corrected chi connectivity index (χ3v) is 4.23. The fourth-order valence-electron chi connectivity index (χ4n) is 2.05. The molecule has 0 radical (unpaired) electrons. The third kappa shape index (κ3) is 3.88. The summed E-state index contributed by atoms with van der Waals surface area (Å²) in [6.45, 7) is 0. The van der Waals surface area contributed by atoms with Crippen molar-refractivity contribution in [1.29, 1.82) is 0 Å². The summed E-state index contributed by atoms with van der Waals surface area (Å²) in [5.41, 5.74) is 2.13. The van der Waals surface area contributed by atoms with Crippen molar-refractivity contribution in [2.45, 2.75) is 12.5 Å². The summed E-state index contributed by atoms with van der Waals surface area (Å²) < 4.78 is 15.4. The zero-order chi connectivity index (χ0) is 13.8. The van der Waals surface area contributed by atoms with Gasteiger partial charge in [0.05, 0.1) is 0 Å². The second kappa shape index (κ2) is 6.64. The van der Waals surface area contributed by atoms with Crippen molar-refractivity contribution in [1.82, 2.24) is 5.32 Å². The highest BCUT2D eigenvalue weighted by molar-refractivity contribution is 9.10. The van der Waals surface area contributed by atoms with Crippen LogP contribution < -0.4 is 5.32 Å². The minimum absolute atomic E-state index is 0.0689. The molecule has 0 aliphatic heterocycles. The van der Waals surface area contributed by atoms with E-state index < -0.39 is 0 Å². The third-order valence-electron chi connectivity index (χ3n) is 3.01. The van der Waals surface area contributed by atoms with Gasteiger partial charge in [0.1, 0.15) is 5.82 Å². The SMILES string of the molecule is CNC(Cc1cccc(Br)c1)c1cc(F)ccc1Br. The van der Waals surface area contributed by atoms with Crippen LogP contribution in [0.1, 0.15) is 17.2 Å². The van der Waals surface area contributed by atoms with Crippen LogP contribution in [0, 0.1) is 5.82 Å². The lowest BCUT2D eigenvalue weighted by molar-refractivity contribution is 0.575. The molecule has 0 saturated carbocycles. The van der Waals surface area contributed by atoms with E-state index in [9.17, 15) is 4.39 Å². The molecule has 0 saturated heterocycles. The van der Waals surface area contributed by atoms with Crippen LogP contribution in [0.4, 0.5) is 4.39 Å². The van der Waals surface area contributed by atoms with Gasteiger partial charge in [0, 0.05) is 15.0 Å². The van der Waals surface area contributed by atoms with E-state index in [-0.39, 0.29) is 11.9 Å². The van der Waals surface area contributed by atoms with Crippen LogP contribution in [-0.2, 0) is 6.42 Å². The van der Waals surface area contributed by atoms with E-state index in [1.165, 1.54) is 11.6 Å². The number of nitrogens with one attached hydrogen (secondary N) is 1. The molecule has 1 unspecified atom stereocenters. The van der Waals surface area contributed by atoms with Crippen molar-refractivity contribution in [3.05, 3.63) is 68.4 Å².